The first-order chi connectivity index (χ1) is 12.9. The van der Waals surface area contributed by atoms with Crippen LogP contribution in [-0.2, 0) is 11.2 Å². The second-order valence-corrected chi connectivity index (χ2v) is 7.70. The van der Waals surface area contributed by atoms with Gasteiger partial charge in [0.15, 0.2) is 5.76 Å². The number of carbonyl (C=O) groups excluding carboxylic acids is 2. The second-order valence-electron chi connectivity index (χ2n) is 7.70. The van der Waals surface area contributed by atoms with Gasteiger partial charge in [-0.25, -0.2) is 4.79 Å². The summed E-state index contributed by atoms with van der Waals surface area (Å²) in [7, 11) is 0. The van der Waals surface area contributed by atoms with Crippen molar-refractivity contribution in [3.8, 4) is 0 Å². The SMILES string of the molecule is CCc1oc(C(=O)N2CCC(C(=O)N3CCCC(C)C3)CC2)cc1C(=O)O. The molecule has 2 saturated heterocycles. The molecule has 1 aromatic heterocycles. The molecular weight excluding hydrogens is 348 g/mol. The van der Waals surface area contributed by atoms with Crippen LogP contribution >= 0.6 is 0 Å². The van der Waals surface area contributed by atoms with Crippen LogP contribution in [0.4, 0.5) is 0 Å². The molecule has 3 rings (SSSR count). The number of carboxylic acid groups (broad SMARTS) is 1. The highest BCUT2D eigenvalue weighted by Crippen LogP contribution is 2.25. The molecule has 7 heteroatoms. The fourth-order valence-corrected chi connectivity index (χ4v) is 4.11. The van der Waals surface area contributed by atoms with Gasteiger partial charge in [0.2, 0.25) is 5.91 Å². The summed E-state index contributed by atoms with van der Waals surface area (Å²) in [6.07, 6.45) is 3.94. The Bertz CT molecular complexity index is 718. The molecule has 0 aromatic carbocycles. The number of rotatable bonds is 4. The Labute approximate surface area is 159 Å². The van der Waals surface area contributed by atoms with Gasteiger partial charge in [-0.05, 0) is 31.6 Å². The molecule has 3 heterocycles. The Balaban J connectivity index is 1.59. The van der Waals surface area contributed by atoms with Gasteiger partial charge in [-0.15, -0.1) is 0 Å². The van der Waals surface area contributed by atoms with E-state index in [1.807, 2.05) is 4.90 Å². The van der Waals surface area contributed by atoms with Crippen LogP contribution in [-0.4, -0.2) is 58.9 Å². The van der Waals surface area contributed by atoms with Crippen molar-refractivity contribution < 1.29 is 23.9 Å². The Morgan fingerprint density at radius 3 is 2.41 bits per heavy atom. The lowest BCUT2D eigenvalue weighted by atomic mass is 9.92. The van der Waals surface area contributed by atoms with Crippen LogP contribution in [0, 0.1) is 11.8 Å². The van der Waals surface area contributed by atoms with E-state index in [0.717, 1.165) is 19.5 Å². The lowest BCUT2D eigenvalue weighted by Gasteiger charge is -2.37. The lowest BCUT2D eigenvalue weighted by molar-refractivity contribution is -0.138. The third-order valence-electron chi connectivity index (χ3n) is 5.67. The normalized spacial score (nSPS) is 21.3. The minimum Gasteiger partial charge on any atom is -0.478 e. The zero-order chi connectivity index (χ0) is 19.6. The van der Waals surface area contributed by atoms with Crippen LogP contribution in [0.5, 0.6) is 0 Å². The van der Waals surface area contributed by atoms with Gasteiger partial charge in [0, 0.05) is 44.6 Å². The van der Waals surface area contributed by atoms with E-state index >= 15 is 0 Å². The Morgan fingerprint density at radius 2 is 1.85 bits per heavy atom. The quantitative estimate of drug-likeness (QED) is 0.872. The molecule has 2 aliphatic heterocycles. The van der Waals surface area contributed by atoms with E-state index in [-0.39, 0.29) is 29.1 Å². The number of hydrogen-bond donors (Lipinski definition) is 1. The molecule has 27 heavy (non-hydrogen) atoms. The Morgan fingerprint density at radius 1 is 1.15 bits per heavy atom. The number of carbonyl (C=O) groups is 3. The number of aryl methyl sites for hydroxylation is 1. The standard InChI is InChI=1S/C20H28N2O5/c1-3-16-15(20(25)26)11-17(27-16)19(24)21-9-6-14(7-10-21)18(23)22-8-4-5-13(2)12-22/h11,13-14H,3-10,12H2,1-2H3,(H,25,26). The van der Waals surface area contributed by atoms with Gasteiger partial charge in [-0.1, -0.05) is 13.8 Å². The number of furan rings is 1. The minimum atomic E-state index is -1.09. The number of aromatic carboxylic acids is 1. The van der Waals surface area contributed by atoms with Crippen molar-refractivity contribution in [1.29, 1.82) is 0 Å². The number of nitrogens with zero attached hydrogens (tertiary/aromatic N) is 2. The fraction of sp³-hybridized carbons (Fsp3) is 0.650. The first-order valence-corrected chi connectivity index (χ1v) is 9.84. The van der Waals surface area contributed by atoms with Gasteiger partial charge in [-0.2, -0.15) is 0 Å². The maximum Gasteiger partial charge on any atom is 0.339 e. The van der Waals surface area contributed by atoms with Crippen molar-refractivity contribution in [2.45, 2.75) is 46.0 Å². The third kappa shape index (κ3) is 4.17. The zero-order valence-electron chi connectivity index (χ0n) is 16.1. The van der Waals surface area contributed by atoms with Crippen LogP contribution in [0.3, 0.4) is 0 Å². The van der Waals surface area contributed by atoms with Gasteiger partial charge >= 0.3 is 5.97 Å². The van der Waals surface area contributed by atoms with Crippen LogP contribution in [0.25, 0.3) is 0 Å². The summed E-state index contributed by atoms with van der Waals surface area (Å²) in [5, 5.41) is 9.21. The van der Waals surface area contributed by atoms with E-state index in [2.05, 4.69) is 6.92 Å². The minimum absolute atomic E-state index is 0.0308. The summed E-state index contributed by atoms with van der Waals surface area (Å²) in [4.78, 5) is 40.3. The van der Waals surface area contributed by atoms with Crippen molar-refractivity contribution in [3.05, 3.63) is 23.2 Å². The molecule has 0 saturated carbocycles. The van der Waals surface area contributed by atoms with Crippen molar-refractivity contribution in [2.75, 3.05) is 26.2 Å². The second kappa shape index (κ2) is 8.15. The number of amides is 2. The predicted molar refractivity (Wildman–Crippen MR) is 98.7 cm³/mol. The van der Waals surface area contributed by atoms with Crippen LogP contribution in [0.1, 0.15) is 66.2 Å². The van der Waals surface area contributed by atoms with Gasteiger partial charge in [0.1, 0.15) is 11.3 Å². The summed E-state index contributed by atoms with van der Waals surface area (Å²) in [5.41, 5.74) is 0.0464. The summed E-state index contributed by atoms with van der Waals surface area (Å²) in [6, 6.07) is 1.32. The maximum absolute atomic E-state index is 12.7. The molecular formula is C20H28N2O5. The van der Waals surface area contributed by atoms with Crippen molar-refractivity contribution in [2.24, 2.45) is 11.8 Å². The summed E-state index contributed by atoms with van der Waals surface area (Å²) < 4.78 is 5.47. The predicted octanol–water partition coefficient (Wildman–Crippen LogP) is 2.65. The molecule has 2 amide bonds. The first kappa shape index (κ1) is 19.5. The molecule has 2 fully saturated rings. The molecule has 1 aromatic rings. The molecule has 148 valence electrons. The highest BCUT2D eigenvalue weighted by Gasteiger charge is 2.33. The Hall–Kier alpha value is -2.31. The number of carboxylic acids is 1. The van der Waals surface area contributed by atoms with Gasteiger partial charge < -0.3 is 19.3 Å². The Kier molecular flexibility index (Phi) is 5.87. The highest BCUT2D eigenvalue weighted by atomic mass is 16.4. The third-order valence-corrected chi connectivity index (χ3v) is 5.67. The highest BCUT2D eigenvalue weighted by molar-refractivity contribution is 5.96. The monoisotopic (exact) mass is 376 g/mol. The van der Waals surface area contributed by atoms with Crippen molar-refractivity contribution in [1.82, 2.24) is 9.80 Å². The van der Waals surface area contributed by atoms with E-state index in [1.54, 1.807) is 11.8 Å². The van der Waals surface area contributed by atoms with Crippen LogP contribution < -0.4 is 0 Å². The van der Waals surface area contributed by atoms with E-state index in [0.29, 0.717) is 44.0 Å². The maximum atomic E-state index is 12.7. The molecule has 0 spiro atoms. The molecule has 0 aliphatic carbocycles. The molecule has 7 nitrogen and oxygen atoms in total. The summed E-state index contributed by atoms with van der Waals surface area (Å²) >= 11 is 0. The molecule has 0 bridgehead atoms. The fourth-order valence-electron chi connectivity index (χ4n) is 4.11. The number of hydrogen-bond acceptors (Lipinski definition) is 4. The van der Waals surface area contributed by atoms with Gasteiger partial charge in [-0.3, -0.25) is 9.59 Å². The molecule has 1 N–H and O–H groups in total. The number of likely N-dealkylation sites (tertiary alicyclic amines) is 2. The van der Waals surface area contributed by atoms with E-state index in [4.69, 9.17) is 4.42 Å². The smallest absolute Gasteiger partial charge is 0.339 e. The first-order valence-electron chi connectivity index (χ1n) is 9.84. The topological polar surface area (TPSA) is 91.1 Å². The molecule has 0 radical (unpaired) electrons. The lowest BCUT2D eigenvalue weighted by Crippen LogP contribution is -2.46. The van der Waals surface area contributed by atoms with Crippen molar-refractivity contribution in [3.63, 3.8) is 0 Å². The number of piperidine rings is 2. The van der Waals surface area contributed by atoms with Gasteiger partial charge in [0.25, 0.3) is 5.91 Å². The van der Waals surface area contributed by atoms with Gasteiger partial charge in [0.05, 0.1) is 0 Å². The zero-order valence-corrected chi connectivity index (χ0v) is 16.1. The summed E-state index contributed by atoms with van der Waals surface area (Å²) in [5.74, 6) is -0.261. The average Bonchev–Trinajstić information content (AvgIpc) is 3.12. The van der Waals surface area contributed by atoms with E-state index in [1.165, 1.54) is 12.5 Å². The van der Waals surface area contributed by atoms with E-state index < -0.39 is 5.97 Å². The average molecular weight is 376 g/mol. The van der Waals surface area contributed by atoms with Crippen molar-refractivity contribution >= 4 is 17.8 Å². The summed E-state index contributed by atoms with van der Waals surface area (Å²) in [6.45, 7) is 6.62. The van der Waals surface area contributed by atoms with Crippen LogP contribution in [0.15, 0.2) is 10.5 Å². The molecule has 2 aliphatic rings. The van der Waals surface area contributed by atoms with E-state index in [9.17, 15) is 19.5 Å². The molecule has 1 atom stereocenters. The largest absolute Gasteiger partial charge is 0.478 e. The molecule has 1 unspecified atom stereocenters. The van der Waals surface area contributed by atoms with Crippen LogP contribution in [0.2, 0.25) is 0 Å².